The monoisotopic (exact) mass is 276 g/mol. The molecule has 0 aliphatic carbocycles. The minimum absolute atomic E-state index is 0.0345. The number of methoxy groups -OCH3 is 1. The zero-order valence-electron chi connectivity index (χ0n) is 11.7. The molecule has 0 saturated carbocycles. The molecule has 2 aliphatic heterocycles. The van der Waals surface area contributed by atoms with Crippen LogP contribution in [-0.2, 0) is 4.74 Å². The van der Waals surface area contributed by atoms with Crippen LogP contribution in [-0.4, -0.2) is 50.3 Å². The molecule has 20 heavy (non-hydrogen) atoms. The van der Waals surface area contributed by atoms with Gasteiger partial charge < -0.3 is 19.7 Å². The predicted molar refractivity (Wildman–Crippen MR) is 76.4 cm³/mol. The van der Waals surface area contributed by atoms with Crippen molar-refractivity contribution in [2.24, 2.45) is 0 Å². The fourth-order valence-electron chi connectivity index (χ4n) is 2.82. The van der Waals surface area contributed by atoms with Crippen molar-refractivity contribution in [3.05, 3.63) is 23.8 Å². The molecular weight excluding hydrogens is 256 g/mol. The SMILES string of the molecule is COC1CCCN(C(=O)c2cccc3c2OCCN3)C1. The number of ether oxygens (including phenoxy) is 2. The summed E-state index contributed by atoms with van der Waals surface area (Å²) in [5.41, 5.74) is 1.55. The summed E-state index contributed by atoms with van der Waals surface area (Å²) in [6.45, 7) is 2.82. The van der Waals surface area contributed by atoms with Crippen molar-refractivity contribution < 1.29 is 14.3 Å². The second-order valence-corrected chi connectivity index (χ2v) is 5.21. The van der Waals surface area contributed by atoms with Crippen molar-refractivity contribution in [1.29, 1.82) is 0 Å². The number of nitrogens with zero attached hydrogens (tertiary/aromatic N) is 1. The molecular formula is C15H20N2O3. The molecule has 0 bridgehead atoms. The quantitative estimate of drug-likeness (QED) is 0.894. The lowest BCUT2D eigenvalue weighted by Crippen LogP contribution is -2.43. The van der Waals surface area contributed by atoms with Gasteiger partial charge in [-0.05, 0) is 25.0 Å². The fraction of sp³-hybridized carbons (Fsp3) is 0.533. The number of hydrogen-bond donors (Lipinski definition) is 1. The minimum atomic E-state index is 0.0345. The lowest BCUT2D eigenvalue weighted by Gasteiger charge is -2.32. The molecule has 108 valence electrons. The van der Waals surface area contributed by atoms with Crippen molar-refractivity contribution in [2.45, 2.75) is 18.9 Å². The Morgan fingerprint density at radius 1 is 1.50 bits per heavy atom. The lowest BCUT2D eigenvalue weighted by molar-refractivity contribution is 0.0267. The fourth-order valence-corrected chi connectivity index (χ4v) is 2.82. The van der Waals surface area contributed by atoms with Gasteiger partial charge in [-0.25, -0.2) is 0 Å². The van der Waals surface area contributed by atoms with Gasteiger partial charge in [0.15, 0.2) is 5.75 Å². The van der Waals surface area contributed by atoms with Gasteiger partial charge in [0.1, 0.15) is 6.61 Å². The number of benzene rings is 1. The summed E-state index contributed by atoms with van der Waals surface area (Å²) in [4.78, 5) is 14.6. The molecule has 5 heteroatoms. The first kappa shape index (κ1) is 13.2. The highest BCUT2D eigenvalue weighted by Crippen LogP contribution is 2.32. The first-order chi connectivity index (χ1) is 9.79. The molecule has 1 amide bonds. The Morgan fingerprint density at radius 3 is 3.25 bits per heavy atom. The van der Waals surface area contributed by atoms with E-state index in [0.29, 0.717) is 24.5 Å². The minimum Gasteiger partial charge on any atom is -0.489 e. The van der Waals surface area contributed by atoms with Gasteiger partial charge in [-0.3, -0.25) is 4.79 Å². The first-order valence-electron chi connectivity index (χ1n) is 7.11. The molecule has 1 N–H and O–H groups in total. The smallest absolute Gasteiger partial charge is 0.257 e. The van der Waals surface area contributed by atoms with E-state index < -0.39 is 0 Å². The Hall–Kier alpha value is -1.75. The number of rotatable bonds is 2. The zero-order valence-corrected chi connectivity index (χ0v) is 11.7. The van der Waals surface area contributed by atoms with Crippen molar-refractivity contribution >= 4 is 11.6 Å². The average Bonchev–Trinajstić information content (AvgIpc) is 2.53. The Kier molecular flexibility index (Phi) is 3.78. The molecule has 0 aromatic heterocycles. The van der Waals surface area contributed by atoms with E-state index in [1.165, 1.54) is 0 Å². The number of likely N-dealkylation sites (tertiary alicyclic amines) is 1. The first-order valence-corrected chi connectivity index (χ1v) is 7.11. The van der Waals surface area contributed by atoms with E-state index in [4.69, 9.17) is 9.47 Å². The highest BCUT2D eigenvalue weighted by molar-refractivity contribution is 5.99. The van der Waals surface area contributed by atoms with Crippen LogP contribution >= 0.6 is 0 Å². The van der Waals surface area contributed by atoms with Gasteiger partial charge in [0.2, 0.25) is 0 Å². The Morgan fingerprint density at radius 2 is 2.40 bits per heavy atom. The number of para-hydroxylation sites is 1. The maximum atomic E-state index is 12.7. The summed E-state index contributed by atoms with van der Waals surface area (Å²) in [5, 5.41) is 3.26. The van der Waals surface area contributed by atoms with Crippen LogP contribution in [0.5, 0.6) is 5.75 Å². The van der Waals surface area contributed by atoms with Crippen LogP contribution in [0.25, 0.3) is 0 Å². The number of amides is 1. The number of fused-ring (bicyclic) bond motifs is 1. The number of carbonyl (C=O) groups is 1. The van der Waals surface area contributed by atoms with Gasteiger partial charge in [0.05, 0.1) is 17.4 Å². The molecule has 1 aromatic carbocycles. The number of piperidine rings is 1. The van der Waals surface area contributed by atoms with E-state index in [2.05, 4.69) is 5.32 Å². The topological polar surface area (TPSA) is 50.8 Å². The Balaban J connectivity index is 1.83. The van der Waals surface area contributed by atoms with Crippen LogP contribution in [0.2, 0.25) is 0 Å². The van der Waals surface area contributed by atoms with Crippen LogP contribution in [0, 0.1) is 0 Å². The molecule has 0 spiro atoms. The Bertz CT molecular complexity index is 504. The van der Waals surface area contributed by atoms with E-state index in [-0.39, 0.29) is 12.0 Å². The third-order valence-corrected chi connectivity index (χ3v) is 3.91. The third kappa shape index (κ3) is 2.45. The maximum Gasteiger partial charge on any atom is 0.257 e. The normalized spacial score (nSPS) is 21.6. The summed E-state index contributed by atoms with van der Waals surface area (Å²) >= 11 is 0. The van der Waals surface area contributed by atoms with Crippen molar-refractivity contribution in [1.82, 2.24) is 4.90 Å². The molecule has 2 heterocycles. The predicted octanol–water partition coefficient (Wildman–Crippen LogP) is 1.74. The van der Waals surface area contributed by atoms with Gasteiger partial charge in [-0.2, -0.15) is 0 Å². The highest BCUT2D eigenvalue weighted by Gasteiger charge is 2.27. The summed E-state index contributed by atoms with van der Waals surface area (Å²) in [7, 11) is 1.70. The molecule has 0 radical (unpaired) electrons. The van der Waals surface area contributed by atoms with Crippen LogP contribution < -0.4 is 10.1 Å². The largest absolute Gasteiger partial charge is 0.489 e. The number of nitrogens with one attached hydrogen (secondary N) is 1. The van der Waals surface area contributed by atoms with Crippen molar-refractivity contribution in [3.63, 3.8) is 0 Å². The Labute approximate surface area is 118 Å². The molecule has 1 aromatic rings. The maximum absolute atomic E-state index is 12.7. The molecule has 5 nitrogen and oxygen atoms in total. The third-order valence-electron chi connectivity index (χ3n) is 3.91. The van der Waals surface area contributed by atoms with Gasteiger partial charge in [0, 0.05) is 26.7 Å². The molecule has 1 fully saturated rings. The van der Waals surface area contributed by atoms with Crippen LogP contribution in [0.4, 0.5) is 5.69 Å². The van der Waals surface area contributed by atoms with Crippen LogP contribution in [0.15, 0.2) is 18.2 Å². The van der Waals surface area contributed by atoms with Gasteiger partial charge in [-0.15, -0.1) is 0 Å². The zero-order chi connectivity index (χ0) is 13.9. The van der Waals surface area contributed by atoms with Gasteiger partial charge >= 0.3 is 0 Å². The standard InChI is InChI=1S/C15H20N2O3/c1-19-11-4-3-8-17(10-11)15(18)12-5-2-6-13-14(12)20-9-7-16-13/h2,5-6,11,16H,3-4,7-10H2,1H3. The van der Waals surface area contributed by atoms with E-state index in [9.17, 15) is 4.79 Å². The summed E-state index contributed by atoms with van der Waals surface area (Å²) in [6, 6.07) is 5.68. The van der Waals surface area contributed by atoms with Crippen molar-refractivity contribution in [3.8, 4) is 5.75 Å². The van der Waals surface area contributed by atoms with Crippen molar-refractivity contribution in [2.75, 3.05) is 38.7 Å². The van der Waals surface area contributed by atoms with Crippen LogP contribution in [0.1, 0.15) is 23.2 Å². The van der Waals surface area contributed by atoms with Gasteiger partial charge in [-0.1, -0.05) is 6.07 Å². The van der Waals surface area contributed by atoms with E-state index in [0.717, 1.165) is 31.6 Å². The van der Waals surface area contributed by atoms with Crippen LogP contribution in [0.3, 0.4) is 0 Å². The molecule has 1 saturated heterocycles. The summed E-state index contributed by atoms with van der Waals surface area (Å²) in [5.74, 6) is 0.718. The van der Waals surface area contributed by atoms with Gasteiger partial charge in [0.25, 0.3) is 5.91 Å². The number of anilines is 1. The second-order valence-electron chi connectivity index (χ2n) is 5.21. The lowest BCUT2D eigenvalue weighted by atomic mass is 10.1. The molecule has 1 atom stereocenters. The molecule has 2 aliphatic rings. The number of carbonyl (C=O) groups excluding carboxylic acids is 1. The summed E-state index contributed by atoms with van der Waals surface area (Å²) < 4.78 is 11.1. The average molecular weight is 276 g/mol. The van der Waals surface area contributed by atoms with E-state index in [1.807, 2.05) is 23.1 Å². The van der Waals surface area contributed by atoms with E-state index >= 15 is 0 Å². The highest BCUT2D eigenvalue weighted by atomic mass is 16.5. The number of hydrogen-bond acceptors (Lipinski definition) is 4. The second kappa shape index (κ2) is 5.71. The molecule has 3 rings (SSSR count). The molecule has 1 unspecified atom stereocenters. The summed E-state index contributed by atoms with van der Waals surface area (Å²) in [6.07, 6.45) is 2.15. The van der Waals surface area contributed by atoms with E-state index in [1.54, 1.807) is 7.11 Å².